The van der Waals surface area contributed by atoms with Crippen molar-refractivity contribution in [3.63, 3.8) is 0 Å². The molecule has 0 N–H and O–H groups in total. The van der Waals surface area contributed by atoms with Crippen LogP contribution in [0.4, 0.5) is 0 Å². The Morgan fingerprint density at radius 1 is 1.14 bits per heavy atom. The molecule has 0 saturated carbocycles. The summed E-state index contributed by atoms with van der Waals surface area (Å²) in [4.78, 5) is 20.7. The minimum absolute atomic E-state index is 0.162. The highest BCUT2D eigenvalue weighted by Gasteiger charge is 2.44. The van der Waals surface area contributed by atoms with Gasteiger partial charge in [-0.3, -0.25) is 14.7 Å². The predicted octanol–water partition coefficient (Wildman–Crippen LogP) is 6.72. The summed E-state index contributed by atoms with van der Waals surface area (Å²) in [6, 6.07) is 18.8. The maximum atomic E-state index is 13.6. The van der Waals surface area contributed by atoms with Crippen molar-refractivity contribution in [2.75, 3.05) is 13.1 Å². The van der Waals surface area contributed by atoms with Gasteiger partial charge in [-0.2, -0.15) is 0 Å². The molecule has 4 heterocycles. The van der Waals surface area contributed by atoms with Gasteiger partial charge in [0.25, 0.3) is 0 Å². The Labute approximate surface area is 215 Å². The van der Waals surface area contributed by atoms with Gasteiger partial charge in [0.2, 0.25) is 0 Å². The van der Waals surface area contributed by atoms with Crippen molar-refractivity contribution in [1.29, 1.82) is 0 Å². The molecule has 3 aromatic rings. The van der Waals surface area contributed by atoms with Crippen LogP contribution in [0, 0.1) is 17.8 Å². The second-order valence-corrected chi connectivity index (χ2v) is 11.1. The summed E-state index contributed by atoms with van der Waals surface area (Å²) in [6.45, 7) is 12.5. The Balaban J connectivity index is 1.44. The SMILES string of the molecule is C=C[C@@H]1CN2CC[C@H]1C[C@@H]2[C@H](OC(=O)[C@H](C)c1ccc(CC(C)C)cc1)c1ccnc2ccccc12. The highest BCUT2D eigenvalue weighted by molar-refractivity contribution is 5.83. The number of para-hydroxylation sites is 1. The minimum atomic E-state index is -0.332. The number of aromatic nitrogens is 1. The molecule has 4 heteroatoms. The number of carbonyl (C=O) groups excluding carboxylic acids is 1. The Morgan fingerprint density at radius 3 is 2.61 bits per heavy atom. The van der Waals surface area contributed by atoms with Crippen LogP contribution in [-0.4, -0.2) is 35.0 Å². The van der Waals surface area contributed by atoms with Crippen molar-refractivity contribution >= 4 is 16.9 Å². The molecule has 6 atom stereocenters. The molecule has 0 aliphatic carbocycles. The van der Waals surface area contributed by atoms with Crippen LogP contribution in [0.3, 0.4) is 0 Å². The number of esters is 1. The normalized spacial score (nSPS) is 25.0. The number of ether oxygens (including phenoxy) is 1. The molecule has 2 bridgehead atoms. The summed E-state index contributed by atoms with van der Waals surface area (Å²) in [6.07, 6.45) is 6.87. The molecule has 0 spiro atoms. The van der Waals surface area contributed by atoms with Gasteiger partial charge in [-0.05, 0) is 73.7 Å². The first-order valence-corrected chi connectivity index (χ1v) is 13.4. The van der Waals surface area contributed by atoms with Gasteiger partial charge in [0.1, 0.15) is 6.10 Å². The van der Waals surface area contributed by atoms with Crippen molar-refractivity contribution in [3.05, 3.63) is 90.1 Å². The van der Waals surface area contributed by atoms with E-state index in [1.807, 2.05) is 37.4 Å². The fourth-order valence-electron chi connectivity index (χ4n) is 6.18. The van der Waals surface area contributed by atoms with E-state index >= 15 is 0 Å². The third kappa shape index (κ3) is 4.97. The van der Waals surface area contributed by atoms with E-state index in [2.05, 4.69) is 66.7 Å². The first-order valence-electron chi connectivity index (χ1n) is 13.4. The maximum Gasteiger partial charge on any atom is 0.313 e. The average Bonchev–Trinajstić information content (AvgIpc) is 2.91. The van der Waals surface area contributed by atoms with Crippen molar-refractivity contribution in [1.82, 2.24) is 9.88 Å². The van der Waals surface area contributed by atoms with Crippen LogP contribution in [0.5, 0.6) is 0 Å². The molecule has 188 valence electrons. The standard InChI is InChI=1S/C32H38N2O2/c1-5-24-20-34-17-15-26(24)19-30(34)31(28-14-16-33-29-9-7-6-8-27(28)29)36-32(35)22(4)25-12-10-23(11-13-25)18-21(2)3/h5-14,16,21-22,24,26,30-31H,1,15,17-20H2,2-4H3/t22-,24-,26+,30-,31-/m1/s1. The van der Waals surface area contributed by atoms with E-state index in [-0.39, 0.29) is 24.0 Å². The van der Waals surface area contributed by atoms with E-state index in [4.69, 9.17) is 4.74 Å². The number of benzene rings is 2. The lowest BCUT2D eigenvalue weighted by Crippen LogP contribution is -2.55. The first kappa shape index (κ1) is 24.7. The molecule has 0 radical (unpaired) electrons. The van der Waals surface area contributed by atoms with Gasteiger partial charge in [-0.1, -0.05) is 62.4 Å². The van der Waals surface area contributed by atoms with Crippen LogP contribution in [0.2, 0.25) is 0 Å². The Kier molecular flexibility index (Phi) is 7.25. The first-order chi connectivity index (χ1) is 17.4. The average molecular weight is 483 g/mol. The van der Waals surface area contributed by atoms with E-state index < -0.39 is 0 Å². The smallest absolute Gasteiger partial charge is 0.313 e. The predicted molar refractivity (Wildman–Crippen MR) is 146 cm³/mol. The number of fused-ring (bicyclic) bond motifs is 4. The van der Waals surface area contributed by atoms with Crippen molar-refractivity contribution in [3.8, 4) is 0 Å². The third-order valence-electron chi connectivity index (χ3n) is 8.21. The molecular weight excluding hydrogens is 444 g/mol. The van der Waals surface area contributed by atoms with E-state index in [0.29, 0.717) is 17.8 Å². The molecule has 1 aromatic heterocycles. The van der Waals surface area contributed by atoms with Crippen LogP contribution in [-0.2, 0) is 16.0 Å². The van der Waals surface area contributed by atoms with Gasteiger partial charge < -0.3 is 4.74 Å². The largest absolute Gasteiger partial charge is 0.455 e. The molecule has 3 saturated heterocycles. The van der Waals surface area contributed by atoms with Gasteiger partial charge >= 0.3 is 5.97 Å². The number of carbonyl (C=O) groups is 1. The zero-order valence-corrected chi connectivity index (χ0v) is 21.8. The van der Waals surface area contributed by atoms with Crippen LogP contribution in [0.1, 0.15) is 62.3 Å². The summed E-state index contributed by atoms with van der Waals surface area (Å²) in [5, 5.41) is 1.06. The Hall–Kier alpha value is -2.98. The highest BCUT2D eigenvalue weighted by atomic mass is 16.5. The minimum Gasteiger partial charge on any atom is -0.455 e. The molecule has 4 nitrogen and oxygen atoms in total. The van der Waals surface area contributed by atoms with E-state index in [1.54, 1.807) is 0 Å². The number of piperidine rings is 3. The lowest BCUT2D eigenvalue weighted by Gasteiger charge is -2.51. The van der Waals surface area contributed by atoms with Gasteiger partial charge in [-0.25, -0.2) is 0 Å². The lowest BCUT2D eigenvalue weighted by molar-refractivity contribution is -0.158. The molecule has 6 rings (SSSR count). The molecule has 3 aliphatic heterocycles. The zero-order chi connectivity index (χ0) is 25.2. The fraction of sp³-hybridized carbons (Fsp3) is 0.438. The number of pyridine rings is 1. The number of nitrogens with zero attached hydrogens (tertiary/aromatic N) is 2. The van der Waals surface area contributed by atoms with Crippen molar-refractivity contribution in [2.45, 2.75) is 58.1 Å². The summed E-state index contributed by atoms with van der Waals surface area (Å²) < 4.78 is 6.48. The quantitative estimate of drug-likeness (QED) is 0.264. The lowest BCUT2D eigenvalue weighted by atomic mass is 9.73. The molecule has 3 fully saturated rings. The number of hydrogen-bond acceptors (Lipinski definition) is 4. The number of hydrogen-bond donors (Lipinski definition) is 0. The fourth-order valence-corrected chi connectivity index (χ4v) is 6.18. The van der Waals surface area contributed by atoms with Crippen molar-refractivity contribution < 1.29 is 9.53 Å². The van der Waals surface area contributed by atoms with Crippen LogP contribution >= 0.6 is 0 Å². The maximum absolute atomic E-state index is 13.6. The van der Waals surface area contributed by atoms with E-state index in [1.165, 1.54) is 12.0 Å². The van der Waals surface area contributed by atoms with Gasteiger partial charge in [0.05, 0.1) is 17.5 Å². The summed E-state index contributed by atoms with van der Waals surface area (Å²) >= 11 is 0. The summed E-state index contributed by atoms with van der Waals surface area (Å²) in [5.74, 6) is 1.23. The van der Waals surface area contributed by atoms with Crippen molar-refractivity contribution in [2.24, 2.45) is 17.8 Å². The summed E-state index contributed by atoms with van der Waals surface area (Å²) in [5.41, 5.74) is 4.30. The van der Waals surface area contributed by atoms with Gasteiger partial charge in [0, 0.05) is 23.7 Å². The highest BCUT2D eigenvalue weighted by Crippen LogP contribution is 2.43. The van der Waals surface area contributed by atoms with E-state index in [9.17, 15) is 4.79 Å². The van der Waals surface area contributed by atoms with Crippen LogP contribution in [0.15, 0.2) is 73.4 Å². The summed E-state index contributed by atoms with van der Waals surface area (Å²) in [7, 11) is 0. The van der Waals surface area contributed by atoms with E-state index in [0.717, 1.165) is 48.0 Å². The monoisotopic (exact) mass is 482 g/mol. The molecule has 36 heavy (non-hydrogen) atoms. The molecule has 0 amide bonds. The molecule has 1 unspecified atom stereocenters. The van der Waals surface area contributed by atoms with Gasteiger partial charge in [-0.15, -0.1) is 6.58 Å². The molecule has 2 aromatic carbocycles. The van der Waals surface area contributed by atoms with Gasteiger partial charge in [0.15, 0.2) is 0 Å². The van der Waals surface area contributed by atoms with Crippen LogP contribution in [0.25, 0.3) is 10.9 Å². The zero-order valence-electron chi connectivity index (χ0n) is 21.8. The Morgan fingerprint density at radius 2 is 1.92 bits per heavy atom. The second-order valence-electron chi connectivity index (χ2n) is 11.1. The third-order valence-corrected chi connectivity index (χ3v) is 8.21. The number of rotatable bonds is 8. The second kappa shape index (κ2) is 10.6. The topological polar surface area (TPSA) is 42.4 Å². The molecule has 3 aliphatic rings. The molecular formula is C32H38N2O2. The van der Waals surface area contributed by atoms with Crippen LogP contribution < -0.4 is 0 Å². The Bertz CT molecular complexity index is 1210.